The Morgan fingerprint density at radius 2 is 1.46 bits per heavy atom. The maximum atomic E-state index is 5.01. The van der Waals surface area contributed by atoms with E-state index in [1.54, 1.807) is 0 Å². The molecule has 0 fully saturated rings. The van der Waals surface area contributed by atoms with Crippen LogP contribution in [0.25, 0.3) is 0 Å². The molecule has 1 aliphatic heterocycles. The van der Waals surface area contributed by atoms with Gasteiger partial charge in [0.1, 0.15) is 0 Å². The molecule has 1 heterocycles. The number of hydrogen-bond donors (Lipinski definition) is 1. The minimum Gasteiger partial charge on any atom is -0.374 e. The highest BCUT2D eigenvalue weighted by molar-refractivity contribution is 9.10. The van der Waals surface area contributed by atoms with E-state index < -0.39 is 0 Å². The summed E-state index contributed by atoms with van der Waals surface area (Å²) in [5.74, 6) is 0. The van der Waals surface area contributed by atoms with Crippen LogP contribution in [0.15, 0.2) is 86.7 Å². The Hall–Kier alpha value is -1.91. The van der Waals surface area contributed by atoms with Gasteiger partial charge in [0.25, 0.3) is 0 Å². The van der Waals surface area contributed by atoms with Gasteiger partial charge >= 0.3 is 0 Å². The number of nitrogens with one attached hydrogen (secondary N) is 1. The molecule has 0 spiro atoms. The highest BCUT2D eigenvalue weighted by Gasteiger charge is 2.31. The molecule has 4 heteroatoms. The summed E-state index contributed by atoms with van der Waals surface area (Å²) in [7, 11) is 0. The quantitative estimate of drug-likeness (QED) is 0.426. The first kappa shape index (κ1) is 17.5. The minimum atomic E-state index is -0.251. The highest BCUT2D eigenvalue weighted by Crippen LogP contribution is 2.39. The summed E-state index contributed by atoms with van der Waals surface area (Å²) in [5, 5.41) is 3.74. The average molecular weight is 470 g/mol. The van der Waals surface area contributed by atoms with E-state index in [9.17, 15) is 0 Å². The molecule has 1 atom stereocenters. The van der Waals surface area contributed by atoms with Gasteiger partial charge in [-0.05, 0) is 54.4 Å². The Balaban J connectivity index is 1.84. The molecule has 1 unspecified atom stereocenters. The topological polar surface area (TPSA) is 24.4 Å². The average Bonchev–Trinajstić information content (AvgIpc) is 2.79. The Morgan fingerprint density at radius 1 is 0.846 bits per heavy atom. The van der Waals surface area contributed by atoms with E-state index in [0.29, 0.717) is 0 Å². The molecule has 3 aromatic rings. The molecule has 0 bridgehead atoms. The Labute approximate surface area is 170 Å². The van der Waals surface area contributed by atoms with Gasteiger partial charge in [0.15, 0.2) is 0 Å². The first-order valence-electron chi connectivity index (χ1n) is 8.50. The van der Waals surface area contributed by atoms with E-state index in [2.05, 4.69) is 105 Å². The maximum absolute atomic E-state index is 5.01. The summed E-state index contributed by atoms with van der Waals surface area (Å²) in [6, 6.07) is 25.2. The van der Waals surface area contributed by atoms with Crippen molar-refractivity contribution in [2.75, 3.05) is 5.32 Å². The maximum Gasteiger partial charge on any atom is 0.0864 e. The Kier molecular flexibility index (Phi) is 4.72. The molecule has 4 rings (SSSR count). The lowest BCUT2D eigenvalue weighted by Gasteiger charge is -2.32. The van der Waals surface area contributed by atoms with Crippen LogP contribution in [0.1, 0.15) is 24.5 Å². The van der Waals surface area contributed by atoms with E-state index in [0.717, 1.165) is 38.0 Å². The number of rotatable bonds is 2. The minimum absolute atomic E-state index is 0.251. The SMILES string of the molecule is CC1(c2ccc(Br)cc2)CC(c2ccc(Br)cc2)=Nc2ccccc2N1. The van der Waals surface area contributed by atoms with Crippen molar-refractivity contribution in [2.45, 2.75) is 18.9 Å². The molecule has 0 saturated carbocycles. The second-order valence-corrected chi connectivity index (χ2v) is 8.55. The zero-order chi connectivity index (χ0) is 18.1. The van der Waals surface area contributed by atoms with Crippen LogP contribution in [0.2, 0.25) is 0 Å². The molecule has 0 radical (unpaired) electrons. The van der Waals surface area contributed by atoms with Crippen molar-refractivity contribution >= 4 is 48.9 Å². The van der Waals surface area contributed by atoms with Crippen LogP contribution >= 0.6 is 31.9 Å². The molecule has 26 heavy (non-hydrogen) atoms. The van der Waals surface area contributed by atoms with E-state index in [1.165, 1.54) is 5.56 Å². The Morgan fingerprint density at radius 3 is 2.15 bits per heavy atom. The second kappa shape index (κ2) is 7.01. The first-order chi connectivity index (χ1) is 12.5. The van der Waals surface area contributed by atoms with E-state index in [1.807, 2.05) is 12.1 Å². The normalized spacial score (nSPS) is 19.1. The smallest absolute Gasteiger partial charge is 0.0864 e. The van der Waals surface area contributed by atoms with Crippen molar-refractivity contribution in [3.05, 3.63) is 92.9 Å². The third-order valence-electron chi connectivity index (χ3n) is 4.75. The van der Waals surface area contributed by atoms with Crippen molar-refractivity contribution in [1.82, 2.24) is 0 Å². The fraction of sp³-hybridized carbons (Fsp3) is 0.136. The number of nitrogens with zero attached hydrogens (tertiary/aromatic N) is 1. The second-order valence-electron chi connectivity index (χ2n) is 6.72. The number of fused-ring (bicyclic) bond motifs is 1. The van der Waals surface area contributed by atoms with Gasteiger partial charge in [-0.3, -0.25) is 4.99 Å². The lowest BCUT2D eigenvalue weighted by Crippen LogP contribution is -2.33. The molecule has 130 valence electrons. The fourth-order valence-electron chi connectivity index (χ4n) is 3.34. The predicted molar refractivity (Wildman–Crippen MR) is 117 cm³/mol. The largest absolute Gasteiger partial charge is 0.374 e. The predicted octanol–water partition coefficient (Wildman–Crippen LogP) is 7.06. The van der Waals surface area contributed by atoms with Gasteiger partial charge < -0.3 is 5.32 Å². The summed E-state index contributed by atoms with van der Waals surface area (Å²) in [6.07, 6.45) is 0.797. The van der Waals surface area contributed by atoms with Crippen molar-refractivity contribution < 1.29 is 0 Å². The lowest BCUT2D eigenvalue weighted by atomic mass is 9.85. The summed E-state index contributed by atoms with van der Waals surface area (Å²) in [6.45, 7) is 2.24. The van der Waals surface area contributed by atoms with Gasteiger partial charge in [0, 0.05) is 15.4 Å². The fourth-order valence-corrected chi connectivity index (χ4v) is 3.87. The highest BCUT2D eigenvalue weighted by atomic mass is 79.9. The van der Waals surface area contributed by atoms with E-state index >= 15 is 0 Å². The number of anilines is 1. The molecular weight excluding hydrogens is 452 g/mol. The first-order valence-corrected chi connectivity index (χ1v) is 10.1. The van der Waals surface area contributed by atoms with Gasteiger partial charge in [-0.2, -0.15) is 0 Å². The molecule has 1 N–H and O–H groups in total. The van der Waals surface area contributed by atoms with Gasteiger partial charge in [0.2, 0.25) is 0 Å². The van der Waals surface area contributed by atoms with Gasteiger partial charge in [-0.25, -0.2) is 0 Å². The number of aliphatic imine (C=N–C) groups is 1. The molecule has 0 aliphatic carbocycles. The van der Waals surface area contributed by atoms with Crippen LogP contribution < -0.4 is 5.32 Å². The van der Waals surface area contributed by atoms with Crippen molar-refractivity contribution in [3.8, 4) is 0 Å². The van der Waals surface area contributed by atoms with Crippen LogP contribution in [0.3, 0.4) is 0 Å². The van der Waals surface area contributed by atoms with Crippen LogP contribution in [0.5, 0.6) is 0 Å². The van der Waals surface area contributed by atoms with Crippen LogP contribution in [-0.4, -0.2) is 5.71 Å². The third-order valence-corrected chi connectivity index (χ3v) is 5.81. The van der Waals surface area contributed by atoms with Crippen molar-refractivity contribution in [2.24, 2.45) is 4.99 Å². The van der Waals surface area contributed by atoms with Crippen molar-refractivity contribution in [3.63, 3.8) is 0 Å². The zero-order valence-electron chi connectivity index (χ0n) is 14.3. The Bertz CT molecular complexity index is 962. The lowest BCUT2D eigenvalue weighted by molar-refractivity contribution is 0.571. The monoisotopic (exact) mass is 468 g/mol. The number of halogens is 2. The standard InChI is InChI=1S/C22H18Br2N2/c1-22(16-8-12-18(24)13-9-16)14-21(15-6-10-17(23)11-7-15)25-19-4-2-3-5-20(19)26-22/h2-13,26H,14H2,1H3. The summed E-state index contributed by atoms with van der Waals surface area (Å²) in [4.78, 5) is 5.01. The molecule has 0 amide bonds. The summed E-state index contributed by atoms with van der Waals surface area (Å²) in [5.41, 5.74) is 5.26. The summed E-state index contributed by atoms with van der Waals surface area (Å²) >= 11 is 7.05. The molecular formula is C22H18Br2N2. The van der Waals surface area contributed by atoms with E-state index in [4.69, 9.17) is 4.99 Å². The molecule has 2 nitrogen and oxygen atoms in total. The number of benzene rings is 3. The molecule has 1 aliphatic rings. The molecule has 3 aromatic carbocycles. The van der Waals surface area contributed by atoms with Gasteiger partial charge in [0.05, 0.1) is 22.6 Å². The van der Waals surface area contributed by atoms with Crippen LogP contribution in [0, 0.1) is 0 Å². The molecule has 0 saturated heterocycles. The van der Waals surface area contributed by atoms with Crippen LogP contribution in [-0.2, 0) is 5.54 Å². The third kappa shape index (κ3) is 3.49. The van der Waals surface area contributed by atoms with E-state index in [-0.39, 0.29) is 5.54 Å². The van der Waals surface area contributed by atoms with Gasteiger partial charge in [-0.15, -0.1) is 0 Å². The zero-order valence-corrected chi connectivity index (χ0v) is 17.5. The number of para-hydroxylation sites is 2. The number of hydrogen-bond acceptors (Lipinski definition) is 2. The van der Waals surface area contributed by atoms with Crippen molar-refractivity contribution in [1.29, 1.82) is 0 Å². The summed E-state index contributed by atoms with van der Waals surface area (Å²) < 4.78 is 2.16. The van der Waals surface area contributed by atoms with Gasteiger partial charge in [-0.1, -0.05) is 68.3 Å². The molecule has 0 aromatic heterocycles. The van der Waals surface area contributed by atoms with Crippen LogP contribution in [0.4, 0.5) is 11.4 Å².